The van der Waals surface area contributed by atoms with Crippen LogP contribution >= 0.6 is 0 Å². The van der Waals surface area contributed by atoms with Gasteiger partial charge in [-0.05, 0) is 36.1 Å². The number of hydrogen-bond donors (Lipinski definition) is 0. The van der Waals surface area contributed by atoms with Crippen molar-refractivity contribution in [2.75, 3.05) is 0 Å². The van der Waals surface area contributed by atoms with E-state index in [1.165, 1.54) is 0 Å². The summed E-state index contributed by atoms with van der Waals surface area (Å²) in [6.45, 7) is 0. The highest BCUT2D eigenvalue weighted by Gasteiger charge is 2.18. The van der Waals surface area contributed by atoms with Gasteiger partial charge in [-0.15, -0.1) is 10.2 Å². The Morgan fingerprint density at radius 1 is 0.429 bits per heavy atom. The van der Waals surface area contributed by atoms with Crippen molar-refractivity contribution < 1.29 is 0 Å². The van der Waals surface area contributed by atoms with E-state index < -0.39 is 0 Å². The molecule has 0 bridgehead atoms. The van der Waals surface area contributed by atoms with Crippen LogP contribution in [-0.2, 0) is 0 Å². The quantitative estimate of drug-likeness (QED) is 0.301. The lowest BCUT2D eigenvalue weighted by molar-refractivity contribution is 1.04. The van der Waals surface area contributed by atoms with Gasteiger partial charge < -0.3 is 0 Å². The highest BCUT2D eigenvalue weighted by molar-refractivity contribution is 6.09. The first-order chi connectivity index (χ1) is 17.4. The molecule has 0 spiro atoms. The van der Waals surface area contributed by atoms with Gasteiger partial charge in [0.1, 0.15) is 0 Å². The Labute approximate surface area is 204 Å². The smallest absolute Gasteiger partial charge is 0.168 e. The Morgan fingerprint density at radius 2 is 0.829 bits per heavy atom. The summed E-state index contributed by atoms with van der Waals surface area (Å²) in [6.07, 6.45) is 1.75. The van der Waals surface area contributed by atoms with Crippen LogP contribution in [0.15, 0.2) is 125 Å². The molecule has 0 amide bonds. The van der Waals surface area contributed by atoms with Crippen molar-refractivity contribution >= 4 is 11.4 Å². The minimum absolute atomic E-state index is 0.802. The first-order valence-electron chi connectivity index (χ1n) is 11.7. The topological polar surface area (TPSA) is 55.4 Å². The van der Waals surface area contributed by atoms with Crippen LogP contribution < -0.4 is 0 Å². The number of rotatable bonds is 5. The third-order valence-corrected chi connectivity index (χ3v) is 6.18. The first kappa shape index (κ1) is 20.9. The maximum atomic E-state index is 4.59. The number of nitrogens with zero attached hydrogens (tertiary/aromatic N) is 5. The molecule has 0 aliphatic carbocycles. The largest absolute Gasteiger partial charge is 0.275 e. The number of aromatic nitrogens is 3. The molecule has 2 heterocycles. The zero-order chi connectivity index (χ0) is 23.5. The predicted octanol–water partition coefficient (Wildman–Crippen LogP) is 6.59. The van der Waals surface area contributed by atoms with Crippen LogP contribution in [-0.4, -0.2) is 26.2 Å². The maximum Gasteiger partial charge on any atom is 0.168 e. The molecular formula is C30H23N5. The minimum Gasteiger partial charge on any atom is -0.275 e. The average Bonchev–Trinajstić information content (AvgIpc) is 3.40. The molecule has 4 aromatic carbocycles. The highest BCUT2D eigenvalue weighted by Crippen LogP contribution is 2.29. The Morgan fingerprint density at radius 3 is 1.34 bits per heavy atom. The molecule has 5 aromatic rings. The zero-order valence-electron chi connectivity index (χ0n) is 19.1. The lowest BCUT2D eigenvalue weighted by Gasteiger charge is -2.14. The Hall–Kier alpha value is -4.64. The van der Waals surface area contributed by atoms with E-state index in [2.05, 4.69) is 85.6 Å². The van der Waals surface area contributed by atoms with Gasteiger partial charge in [0.05, 0.1) is 11.4 Å². The van der Waals surface area contributed by atoms with Gasteiger partial charge in [0.25, 0.3) is 0 Å². The molecule has 0 saturated heterocycles. The SMILES string of the molecule is c1ccc(C2=NN=C(c3ccc(-c4nnc(-c5ccccc5)n4-c4ccccc4)cc3)CC2)cc1. The summed E-state index contributed by atoms with van der Waals surface area (Å²) in [5, 5.41) is 18.2. The molecule has 0 unspecified atom stereocenters. The second-order valence-electron chi connectivity index (χ2n) is 8.42. The van der Waals surface area contributed by atoms with Gasteiger partial charge in [0, 0.05) is 16.8 Å². The van der Waals surface area contributed by atoms with Crippen LogP contribution in [0.25, 0.3) is 28.5 Å². The van der Waals surface area contributed by atoms with Crippen molar-refractivity contribution in [1.82, 2.24) is 14.8 Å². The van der Waals surface area contributed by atoms with Gasteiger partial charge in [-0.3, -0.25) is 4.57 Å². The van der Waals surface area contributed by atoms with Crippen LogP contribution in [0.4, 0.5) is 0 Å². The van der Waals surface area contributed by atoms with E-state index in [0.29, 0.717) is 0 Å². The first-order valence-corrected chi connectivity index (χ1v) is 11.7. The van der Waals surface area contributed by atoms with Crippen molar-refractivity contribution in [3.8, 4) is 28.5 Å². The third-order valence-electron chi connectivity index (χ3n) is 6.18. The van der Waals surface area contributed by atoms with Crippen LogP contribution in [0.1, 0.15) is 24.0 Å². The molecular weight excluding hydrogens is 430 g/mol. The molecule has 35 heavy (non-hydrogen) atoms. The summed E-state index contributed by atoms with van der Waals surface area (Å²) < 4.78 is 2.11. The molecule has 6 rings (SSSR count). The Balaban J connectivity index is 1.35. The monoisotopic (exact) mass is 453 g/mol. The van der Waals surface area contributed by atoms with Crippen molar-refractivity contribution in [1.29, 1.82) is 0 Å². The molecule has 1 aliphatic heterocycles. The summed E-state index contributed by atoms with van der Waals surface area (Å²) in [5.74, 6) is 1.62. The number of benzene rings is 4. The van der Waals surface area contributed by atoms with Gasteiger partial charge in [0.2, 0.25) is 0 Å². The van der Waals surface area contributed by atoms with Gasteiger partial charge in [-0.25, -0.2) is 0 Å². The van der Waals surface area contributed by atoms with E-state index >= 15 is 0 Å². The summed E-state index contributed by atoms with van der Waals surface area (Å²) in [7, 11) is 0. The van der Waals surface area contributed by atoms with Crippen LogP contribution in [0.5, 0.6) is 0 Å². The molecule has 5 nitrogen and oxygen atoms in total. The second-order valence-corrected chi connectivity index (χ2v) is 8.42. The zero-order valence-corrected chi connectivity index (χ0v) is 19.1. The molecule has 1 aliphatic rings. The fraction of sp³-hybridized carbons (Fsp3) is 0.0667. The molecule has 168 valence electrons. The summed E-state index contributed by atoms with van der Waals surface area (Å²) in [5.41, 5.74) is 7.31. The molecule has 0 saturated carbocycles. The van der Waals surface area contributed by atoms with Crippen molar-refractivity contribution in [3.05, 3.63) is 126 Å². The van der Waals surface area contributed by atoms with E-state index in [-0.39, 0.29) is 0 Å². The van der Waals surface area contributed by atoms with Crippen molar-refractivity contribution in [2.45, 2.75) is 12.8 Å². The van der Waals surface area contributed by atoms with Gasteiger partial charge >= 0.3 is 0 Å². The lowest BCUT2D eigenvalue weighted by atomic mass is 9.98. The van der Waals surface area contributed by atoms with Gasteiger partial charge in [0.15, 0.2) is 11.6 Å². The second kappa shape index (κ2) is 9.31. The summed E-state index contributed by atoms with van der Waals surface area (Å²) in [6, 6.07) is 39.0. The van der Waals surface area contributed by atoms with Gasteiger partial charge in [-0.2, -0.15) is 10.2 Å². The summed E-state index contributed by atoms with van der Waals surface area (Å²) in [4.78, 5) is 0. The van der Waals surface area contributed by atoms with Gasteiger partial charge in [-0.1, -0.05) is 103 Å². The van der Waals surface area contributed by atoms with Crippen LogP contribution in [0.3, 0.4) is 0 Å². The molecule has 0 atom stereocenters. The van der Waals surface area contributed by atoms with E-state index in [9.17, 15) is 0 Å². The fourth-order valence-corrected chi connectivity index (χ4v) is 4.37. The molecule has 0 N–H and O–H groups in total. The summed E-state index contributed by atoms with van der Waals surface area (Å²) >= 11 is 0. The van der Waals surface area contributed by atoms with E-state index in [1.807, 2.05) is 54.6 Å². The van der Waals surface area contributed by atoms with E-state index in [4.69, 9.17) is 0 Å². The molecule has 5 heteroatoms. The van der Waals surface area contributed by atoms with Crippen LogP contribution in [0.2, 0.25) is 0 Å². The van der Waals surface area contributed by atoms with E-state index in [0.717, 1.165) is 63.9 Å². The van der Waals surface area contributed by atoms with E-state index in [1.54, 1.807) is 0 Å². The van der Waals surface area contributed by atoms with Crippen molar-refractivity contribution in [2.24, 2.45) is 10.2 Å². The normalized spacial score (nSPS) is 13.3. The van der Waals surface area contributed by atoms with Crippen LogP contribution in [0, 0.1) is 0 Å². The fourth-order valence-electron chi connectivity index (χ4n) is 4.37. The minimum atomic E-state index is 0.802. The standard InChI is InChI=1S/C30H23N5/c1-4-10-22(11-5-1)27-20-21-28(32-31-27)23-16-18-25(19-17-23)30-34-33-29(24-12-6-2-7-13-24)35(30)26-14-8-3-9-15-26/h1-19H,20-21H2. The number of hydrogen-bond acceptors (Lipinski definition) is 4. The predicted molar refractivity (Wildman–Crippen MR) is 141 cm³/mol. The molecule has 0 radical (unpaired) electrons. The maximum absolute atomic E-state index is 4.59. The van der Waals surface area contributed by atoms with Crippen molar-refractivity contribution in [3.63, 3.8) is 0 Å². The molecule has 1 aromatic heterocycles. The highest BCUT2D eigenvalue weighted by atomic mass is 15.3. The lowest BCUT2D eigenvalue weighted by Crippen LogP contribution is -2.11. The Bertz CT molecular complexity index is 1500. The average molecular weight is 454 g/mol. The molecule has 0 fully saturated rings. The Kier molecular flexibility index (Phi) is 5.57. The number of para-hydroxylation sites is 1. The third kappa shape index (κ3) is 4.20.